The molecule has 106 valence electrons. The van der Waals surface area contributed by atoms with Crippen molar-refractivity contribution >= 4 is 18.0 Å². The fourth-order valence-corrected chi connectivity index (χ4v) is 2.33. The molecule has 2 unspecified atom stereocenters. The molecule has 1 aromatic rings. The van der Waals surface area contributed by atoms with E-state index in [1.54, 1.807) is 31.2 Å². The third-order valence-electron chi connectivity index (χ3n) is 3.48. The molecule has 1 aliphatic heterocycles. The number of hydrogen-bond donors (Lipinski definition) is 1. The molecule has 1 heterocycles. The van der Waals surface area contributed by atoms with E-state index in [1.165, 1.54) is 0 Å². The molecule has 1 N–H and O–H groups in total. The standard InChI is InChI=1S/C13H13NO6/c1-8(9-5-3-2-4-6-9)10-7-11(15)14(19,12(10)16)20-13(17)18/h2-6,8,10,19H,7H2,1H3/t8?,10-,14?/m1/s1. The first kappa shape index (κ1) is 14.2. The highest BCUT2D eigenvalue weighted by molar-refractivity contribution is 5.93. The molecule has 7 nitrogen and oxygen atoms in total. The molecule has 3 atom stereocenters. The van der Waals surface area contributed by atoms with Crippen molar-refractivity contribution in [3.63, 3.8) is 0 Å². The topological polar surface area (TPSA) is 104 Å². The molecule has 0 aromatic heterocycles. The Morgan fingerprint density at radius 1 is 1.40 bits per heavy atom. The SMILES string of the molecule is CC(c1ccccc1)[C@H]1CC(=O)[N+](O)(OC(=O)[O-])C1=O. The summed E-state index contributed by atoms with van der Waals surface area (Å²) in [6.45, 7) is 1.72. The summed E-state index contributed by atoms with van der Waals surface area (Å²) in [6, 6.07) is 8.94. The van der Waals surface area contributed by atoms with Crippen molar-refractivity contribution in [1.82, 2.24) is 0 Å². The summed E-state index contributed by atoms with van der Waals surface area (Å²) in [5.74, 6) is -3.23. The number of hydroxylamine groups is 4. The Kier molecular flexibility index (Phi) is 3.56. The number of amides is 2. The Morgan fingerprint density at radius 3 is 2.55 bits per heavy atom. The molecule has 2 amide bonds. The van der Waals surface area contributed by atoms with E-state index in [0.29, 0.717) is 0 Å². The predicted molar refractivity (Wildman–Crippen MR) is 61.5 cm³/mol. The number of carbonyl (C=O) groups is 3. The van der Waals surface area contributed by atoms with Crippen LogP contribution in [0.3, 0.4) is 0 Å². The van der Waals surface area contributed by atoms with Gasteiger partial charge in [0.05, 0.1) is 11.2 Å². The van der Waals surface area contributed by atoms with Crippen LogP contribution in [0.4, 0.5) is 4.79 Å². The number of imide groups is 1. The second kappa shape index (κ2) is 5.03. The van der Waals surface area contributed by atoms with Gasteiger partial charge in [-0.25, -0.2) is 9.59 Å². The van der Waals surface area contributed by atoms with Gasteiger partial charge >= 0.3 is 18.0 Å². The molecular weight excluding hydrogens is 266 g/mol. The van der Waals surface area contributed by atoms with E-state index in [9.17, 15) is 24.7 Å². The van der Waals surface area contributed by atoms with Gasteiger partial charge in [-0.05, 0) is 11.5 Å². The Morgan fingerprint density at radius 2 is 2.00 bits per heavy atom. The summed E-state index contributed by atoms with van der Waals surface area (Å²) < 4.78 is 0. The fraction of sp³-hybridized carbons (Fsp3) is 0.308. The number of quaternary nitrogens is 1. The quantitative estimate of drug-likeness (QED) is 0.486. The van der Waals surface area contributed by atoms with E-state index in [-0.39, 0.29) is 12.3 Å². The van der Waals surface area contributed by atoms with Gasteiger partial charge in [-0.1, -0.05) is 37.3 Å². The largest absolute Gasteiger partial charge is 0.422 e. The Bertz CT molecular complexity index is 557. The lowest BCUT2D eigenvalue weighted by atomic mass is 9.86. The lowest BCUT2D eigenvalue weighted by Crippen LogP contribution is -2.53. The fourth-order valence-electron chi connectivity index (χ4n) is 2.33. The smallest absolute Gasteiger partial charge is 0.389 e. The van der Waals surface area contributed by atoms with Gasteiger partial charge in [0.2, 0.25) is 0 Å². The molecule has 7 heteroatoms. The molecule has 2 rings (SSSR count). The van der Waals surface area contributed by atoms with Crippen LogP contribution in [0.5, 0.6) is 0 Å². The van der Waals surface area contributed by atoms with Gasteiger partial charge in [0, 0.05) is 0 Å². The Balaban J connectivity index is 2.26. The van der Waals surface area contributed by atoms with Crippen molar-refractivity contribution in [1.29, 1.82) is 0 Å². The van der Waals surface area contributed by atoms with Gasteiger partial charge < -0.3 is 14.7 Å². The van der Waals surface area contributed by atoms with Crippen molar-refractivity contribution in [2.24, 2.45) is 5.92 Å². The van der Waals surface area contributed by atoms with Crippen LogP contribution >= 0.6 is 0 Å². The summed E-state index contributed by atoms with van der Waals surface area (Å²) >= 11 is 0. The average molecular weight is 279 g/mol. The van der Waals surface area contributed by atoms with Crippen LogP contribution in [0.15, 0.2) is 30.3 Å². The molecule has 20 heavy (non-hydrogen) atoms. The van der Waals surface area contributed by atoms with Crippen molar-refractivity contribution < 1.29 is 34.3 Å². The summed E-state index contributed by atoms with van der Waals surface area (Å²) in [5.41, 5.74) is 0.806. The maximum Gasteiger partial charge on any atom is 0.389 e. The minimum atomic E-state index is -2.19. The van der Waals surface area contributed by atoms with E-state index < -0.39 is 28.7 Å². The molecular formula is C13H13NO6. The Labute approximate surface area is 114 Å². The maximum absolute atomic E-state index is 12.1. The normalized spacial score (nSPS) is 27.4. The van der Waals surface area contributed by atoms with Gasteiger partial charge in [-0.3, -0.25) is 0 Å². The van der Waals surface area contributed by atoms with Gasteiger partial charge in [0.1, 0.15) is 5.92 Å². The van der Waals surface area contributed by atoms with E-state index in [1.807, 2.05) is 6.07 Å². The number of benzene rings is 1. The van der Waals surface area contributed by atoms with Crippen molar-refractivity contribution in [3.05, 3.63) is 35.9 Å². The lowest BCUT2D eigenvalue weighted by Gasteiger charge is -2.22. The molecule has 1 fully saturated rings. The summed E-state index contributed by atoms with van der Waals surface area (Å²) in [7, 11) is 0. The van der Waals surface area contributed by atoms with Crippen LogP contribution in [-0.4, -0.2) is 28.0 Å². The first-order valence-corrected chi connectivity index (χ1v) is 6.01. The van der Waals surface area contributed by atoms with Crippen LogP contribution in [-0.2, 0) is 14.4 Å². The van der Waals surface area contributed by atoms with E-state index >= 15 is 0 Å². The van der Waals surface area contributed by atoms with E-state index in [2.05, 4.69) is 4.84 Å². The molecule has 0 spiro atoms. The second-order valence-electron chi connectivity index (χ2n) is 4.66. The van der Waals surface area contributed by atoms with Crippen LogP contribution in [0.1, 0.15) is 24.8 Å². The third-order valence-corrected chi connectivity index (χ3v) is 3.48. The highest BCUT2D eigenvalue weighted by Gasteiger charge is 2.59. The molecule has 1 aliphatic rings. The molecule has 1 aromatic carbocycles. The average Bonchev–Trinajstić information content (AvgIpc) is 2.63. The van der Waals surface area contributed by atoms with Crippen molar-refractivity contribution in [2.75, 3.05) is 0 Å². The number of carboxylic acid groups (broad SMARTS) is 1. The predicted octanol–water partition coefficient (Wildman–Crippen LogP) is 0.344. The number of hydrogen-bond acceptors (Lipinski definition) is 6. The first-order valence-electron chi connectivity index (χ1n) is 6.01. The van der Waals surface area contributed by atoms with Gasteiger partial charge in [0.15, 0.2) is 0 Å². The van der Waals surface area contributed by atoms with Crippen molar-refractivity contribution in [2.45, 2.75) is 19.3 Å². The number of rotatable bonds is 3. The number of nitrogens with zero attached hydrogens (tertiary/aromatic N) is 1. The van der Waals surface area contributed by atoms with Crippen LogP contribution in [0, 0.1) is 5.92 Å². The zero-order valence-corrected chi connectivity index (χ0v) is 10.7. The number of carbonyl (C=O) groups excluding carboxylic acids is 3. The first-order chi connectivity index (χ1) is 9.36. The van der Waals surface area contributed by atoms with E-state index in [4.69, 9.17) is 0 Å². The zero-order chi connectivity index (χ0) is 14.9. The molecule has 0 radical (unpaired) electrons. The highest BCUT2D eigenvalue weighted by atomic mass is 17.0. The second-order valence-corrected chi connectivity index (χ2v) is 4.66. The monoisotopic (exact) mass is 279 g/mol. The van der Waals surface area contributed by atoms with Gasteiger partial charge in [-0.15, -0.1) is 0 Å². The summed E-state index contributed by atoms with van der Waals surface area (Å²) in [6.07, 6.45) is -2.43. The maximum atomic E-state index is 12.1. The van der Waals surface area contributed by atoms with Crippen molar-refractivity contribution in [3.8, 4) is 0 Å². The molecule has 1 saturated heterocycles. The minimum absolute atomic E-state index is 0.293. The van der Waals surface area contributed by atoms with Gasteiger partial charge in [-0.2, -0.15) is 5.21 Å². The van der Waals surface area contributed by atoms with Gasteiger partial charge in [0.25, 0.3) is 0 Å². The zero-order valence-electron chi connectivity index (χ0n) is 10.7. The lowest BCUT2D eigenvalue weighted by molar-refractivity contribution is -1.12. The third kappa shape index (κ3) is 2.28. The molecule has 0 saturated carbocycles. The minimum Gasteiger partial charge on any atom is -0.422 e. The van der Waals surface area contributed by atoms with Crippen LogP contribution < -0.4 is 5.11 Å². The molecule has 0 bridgehead atoms. The van der Waals surface area contributed by atoms with E-state index in [0.717, 1.165) is 5.56 Å². The summed E-state index contributed by atoms with van der Waals surface area (Å²) in [5, 5.41) is 20.1. The molecule has 0 aliphatic carbocycles. The van der Waals surface area contributed by atoms with Crippen LogP contribution in [0.25, 0.3) is 0 Å². The van der Waals surface area contributed by atoms with Crippen LogP contribution in [0.2, 0.25) is 0 Å². The highest BCUT2D eigenvalue weighted by Crippen LogP contribution is 2.36. The Hall–Kier alpha value is -2.25. The summed E-state index contributed by atoms with van der Waals surface area (Å²) in [4.78, 5) is 35.9.